The van der Waals surface area contributed by atoms with Crippen LogP contribution in [0.25, 0.3) is 0 Å². The van der Waals surface area contributed by atoms with Crippen molar-refractivity contribution < 1.29 is 9.53 Å². The highest BCUT2D eigenvalue weighted by atomic mass is 16.5. The summed E-state index contributed by atoms with van der Waals surface area (Å²) in [6, 6.07) is 8.09. The minimum absolute atomic E-state index is 0.0677. The number of nitrogens with zero attached hydrogens (tertiary/aromatic N) is 3. The molecule has 0 spiro atoms. The minimum Gasteiger partial charge on any atom is -0.493 e. The molecule has 1 fully saturated rings. The fraction of sp³-hybridized carbons (Fsp3) is 0.444. The zero-order chi connectivity index (χ0) is 16.2. The Kier molecular flexibility index (Phi) is 4.65. The van der Waals surface area contributed by atoms with Gasteiger partial charge in [-0.05, 0) is 31.9 Å². The molecule has 2 heterocycles. The van der Waals surface area contributed by atoms with Crippen molar-refractivity contribution >= 4 is 5.91 Å². The molecule has 0 N–H and O–H groups in total. The summed E-state index contributed by atoms with van der Waals surface area (Å²) in [5.74, 6) is 1.34. The van der Waals surface area contributed by atoms with Crippen molar-refractivity contribution in [1.29, 1.82) is 0 Å². The van der Waals surface area contributed by atoms with E-state index in [1.807, 2.05) is 24.1 Å². The van der Waals surface area contributed by atoms with Crippen molar-refractivity contribution in [2.45, 2.75) is 19.8 Å². The van der Waals surface area contributed by atoms with E-state index in [4.69, 9.17) is 4.74 Å². The second-order valence-electron chi connectivity index (χ2n) is 6.29. The van der Waals surface area contributed by atoms with Crippen molar-refractivity contribution in [2.75, 3.05) is 19.7 Å². The van der Waals surface area contributed by atoms with Crippen LogP contribution < -0.4 is 4.74 Å². The molecule has 5 heteroatoms. The van der Waals surface area contributed by atoms with E-state index >= 15 is 0 Å². The Hall–Kier alpha value is -2.30. The highest BCUT2D eigenvalue weighted by molar-refractivity contribution is 5.93. The summed E-state index contributed by atoms with van der Waals surface area (Å²) < 4.78 is 7.55. The molecule has 2 aromatic rings. The van der Waals surface area contributed by atoms with E-state index < -0.39 is 0 Å². The summed E-state index contributed by atoms with van der Waals surface area (Å²) in [7, 11) is 1.82. The molecule has 1 aromatic heterocycles. The van der Waals surface area contributed by atoms with Crippen LogP contribution in [0.4, 0.5) is 0 Å². The number of ether oxygens (including phenoxy) is 1. The van der Waals surface area contributed by atoms with Gasteiger partial charge in [-0.15, -0.1) is 0 Å². The second kappa shape index (κ2) is 6.86. The fourth-order valence-electron chi connectivity index (χ4n) is 2.95. The normalized spacial score (nSPS) is 18.0. The van der Waals surface area contributed by atoms with Crippen molar-refractivity contribution in [3.05, 3.63) is 47.8 Å². The number of aryl methyl sites for hydroxylation is 2. The third-order valence-electron chi connectivity index (χ3n) is 4.26. The zero-order valence-electron chi connectivity index (χ0n) is 13.7. The van der Waals surface area contributed by atoms with Gasteiger partial charge >= 0.3 is 0 Å². The number of piperidine rings is 1. The molecular weight excluding hydrogens is 290 g/mol. The fourth-order valence-corrected chi connectivity index (χ4v) is 2.95. The molecule has 1 amide bonds. The van der Waals surface area contributed by atoms with Crippen molar-refractivity contribution in [3.8, 4) is 5.75 Å². The molecule has 3 rings (SSSR count). The first-order valence-corrected chi connectivity index (χ1v) is 8.09. The maximum atomic E-state index is 12.5. The molecule has 0 aliphatic carbocycles. The topological polar surface area (TPSA) is 47.4 Å². The molecule has 5 nitrogen and oxygen atoms in total. The maximum absolute atomic E-state index is 12.5. The molecule has 0 bridgehead atoms. The van der Waals surface area contributed by atoms with Crippen LogP contribution >= 0.6 is 0 Å². The van der Waals surface area contributed by atoms with Gasteiger partial charge in [0.25, 0.3) is 5.91 Å². The number of likely N-dealkylation sites (tertiary alicyclic amines) is 1. The van der Waals surface area contributed by atoms with Gasteiger partial charge in [-0.1, -0.05) is 17.7 Å². The molecule has 1 aliphatic rings. The summed E-state index contributed by atoms with van der Waals surface area (Å²) in [6.07, 6.45) is 5.53. The first-order valence-electron chi connectivity index (χ1n) is 8.09. The third kappa shape index (κ3) is 3.92. The van der Waals surface area contributed by atoms with Crippen LogP contribution in [0.5, 0.6) is 5.75 Å². The van der Waals surface area contributed by atoms with Crippen LogP contribution in [0, 0.1) is 12.8 Å². The van der Waals surface area contributed by atoms with Gasteiger partial charge in [0.2, 0.25) is 0 Å². The van der Waals surface area contributed by atoms with E-state index in [-0.39, 0.29) is 5.91 Å². The molecular formula is C18H23N3O2. The van der Waals surface area contributed by atoms with E-state index in [1.54, 1.807) is 17.1 Å². The average molecular weight is 313 g/mol. The van der Waals surface area contributed by atoms with Gasteiger partial charge in [0.1, 0.15) is 5.75 Å². The van der Waals surface area contributed by atoms with Crippen molar-refractivity contribution in [3.63, 3.8) is 0 Å². The lowest BCUT2D eigenvalue weighted by molar-refractivity contribution is 0.0633. The first kappa shape index (κ1) is 15.6. The largest absolute Gasteiger partial charge is 0.493 e. The standard InChI is InChI=1S/C18H23N3O2/c1-14-5-7-17(8-6-14)23-13-15-4-3-9-21(11-15)18(22)16-10-19-20(2)12-16/h5-8,10,12,15H,3-4,9,11,13H2,1-2H3/t15-/m0/s1. The summed E-state index contributed by atoms with van der Waals surface area (Å²) in [5, 5.41) is 4.08. The highest BCUT2D eigenvalue weighted by Gasteiger charge is 2.25. The molecule has 0 radical (unpaired) electrons. The number of hydrogen-bond acceptors (Lipinski definition) is 3. The number of rotatable bonds is 4. The Morgan fingerprint density at radius 3 is 2.83 bits per heavy atom. The maximum Gasteiger partial charge on any atom is 0.257 e. The summed E-state index contributed by atoms with van der Waals surface area (Å²) in [4.78, 5) is 14.4. The molecule has 122 valence electrons. The number of benzene rings is 1. The smallest absolute Gasteiger partial charge is 0.257 e. The number of hydrogen-bond donors (Lipinski definition) is 0. The lowest BCUT2D eigenvalue weighted by Gasteiger charge is -2.32. The predicted octanol–water partition coefficient (Wildman–Crippen LogP) is 2.66. The van der Waals surface area contributed by atoms with Gasteiger partial charge in [-0.3, -0.25) is 9.48 Å². The summed E-state index contributed by atoms with van der Waals surface area (Å²) >= 11 is 0. The average Bonchev–Trinajstić information content (AvgIpc) is 3.00. The van der Waals surface area contributed by atoms with Crippen molar-refractivity contribution in [1.82, 2.24) is 14.7 Å². The summed E-state index contributed by atoms with van der Waals surface area (Å²) in [5.41, 5.74) is 1.89. The van der Waals surface area contributed by atoms with E-state index in [9.17, 15) is 4.79 Å². The predicted molar refractivity (Wildman–Crippen MR) is 88.5 cm³/mol. The lowest BCUT2D eigenvalue weighted by atomic mass is 9.98. The van der Waals surface area contributed by atoms with Crippen LogP contribution in [-0.4, -0.2) is 40.3 Å². The number of aromatic nitrogens is 2. The highest BCUT2D eigenvalue weighted by Crippen LogP contribution is 2.20. The first-order chi connectivity index (χ1) is 11.1. The van der Waals surface area contributed by atoms with Gasteiger partial charge < -0.3 is 9.64 Å². The molecule has 1 atom stereocenters. The van der Waals surface area contributed by atoms with Crippen molar-refractivity contribution in [2.24, 2.45) is 13.0 Å². The molecule has 0 unspecified atom stereocenters. The van der Waals surface area contributed by atoms with Crippen LogP contribution in [0.3, 0.4) is 0 Å². The molecule has 0 saturated carbocycles. The number of amides is 1. The Morgan fingerprint density at radius 1 is 1.35 bits per heavy atom. The molecule has 1 aliphatic heterocycles. The Morgan fingerprint density at radius 2 is 2.13 bits per heavy atom. The zero-order valence-corrected chi connectivity index (χ0v) is 13.7. The van der Waals surface area contributed by atoms with Gasteiger partial charge in [0.05, 0.1) is 18.4 Å². The molecule has 1 saturated heterocycles. The number of carbonyl (C=O) groups is 1. The van der Waals surface area contributed by atoms with Crippen LogP contribution in [0.2, 0.25) is 0 Å². The van der Waals surface area contributed by atoms with E-state index in [0.29, 0.717) is 18.1 Å². The number of carbonyl (C=O) groups excluding carboxylic acids is 1. The SMILES string of the molecule is Cc1ccc(OC[C@H]2CCCN(C(=O)c3cnn(C)c3)C2)cc1. The van der Waals surface area contributed by atoms with Crippen LogP contribution in [-0.2, 0) is 7.05 Å². The Labute approximate surface area is 136 Å². The van der Waals surface area contributed by atoms with Gasteiger partial charge in [0.15, 0.2) is 0 Å². The quantitative estimate of drug-likeness (QED) is 0.872. The van der Waals surface area contributed by atoms with Gasteiger partial charge in [-0.25, -0.2) is 0 Å². The monoisotopic (exact) mass is 313 g/mol. The second-order valence-corrected chi connectivity index (χ2v) is 6.29. The van der Waals surface area contributed by atoms with E-state index in [1.165, 1.54) is 5.56 Å². The Balaban J connectivity index is 1.55. The molecule has 1 aromatic carbocycles. The Bertz CT molecular complexity index is 663. The molecule has 23 heavy (non-hydrogen) atoms. The minimum atomic E-state index is 0.0677. The van der Waals surface area contributed by atoms with Crippen LogP contribution in [0.1, 0.15) is 28.8 Å². The van der Waals surface area contributed by atoms with E-state index in [0.717, 1.165) is 31.7 Å². The van der Waals surface area contributed by atoms with Gasteiger partial charge in [-0.2, -0.15) is 5.10 Å². The van der Waals surface area contributed by atoms with Crippen LogP contribution in [0.15, 0.2) is 36.7 Å². The summed E-state index contributed by atoms with van der Waals surface area (Å²) in [6.45, 7) is 4.28. The lowest BCUT2D eigenvalue weighted by Crippen LogP contribution is -2.41. The third-order valence-corrected chi connectivity index (χ3v) is 4.26. The van der Waals surface area contributed by atoms with Gasteiger partial charge in [0, 0.05) is 32.3 Å². The van der Waals surface area contributed by atoms with E-state index in [2.05, 4.69) is 24.2 Å².